The van der Waals surface area contributed by atoms with Crippen LogP contribution < -0.4 is 4.74 Å². The Hall–Kier alpha value is -0.910. The van der Waals surface area contributed by atoms with Crippen molar-refractivity contribution in [2.45, 2.75) is 33.3 Å². The van der Waals surface area contributed by atoms with Crippen molar-refractivity contribution in [2.24, 2.45) is 0 Å². The number of hydrogen-bond acceptors (Lipinski definition) is 4. The maximum Gasteiger partial charge on any atom is 0.217 e. The highest BCUT2D eigenvalue weighted by atomic mass is 79.9. The summed E-state index contributed by atoms with van der Waals surface area (Å²) in [7, 11) is 3.09. The molecule has 0 N–H and O–H groups in total. The predicted octanol–water partition coefficient (Wildman–Crippen LogP) is 3.70. The van der Waals surface area contributed by atoms with Gasteiger partial charge in [0.2, 0.25) is 11.4 Å². The number of carbonyl (C=O) groups excluding carboxylic acids is 1. The molecule has 1 aromatic carbocycles. The zero-order valence-electron chi connectivity index (χ0n) is 13.5. The molecule has 118 valence electrons. The van der Waals surface area contributed by atoms with Crippen LogP contribution >= 0.6 is 15.9 Å². The molecule has 4 nitrogen and oxygen atoms in total. The van der Waals surface area contributed by atoms with Crippen LogP contribution in [-0.4, -0.2) is 38.8 Å². The second-order valence-electron chi connectivity index (χ2n) is 4.80. The van der Waals surface area contributed by atoms with Gasteiger partial charge in [0.15, 0.2) is 0 Å². The summed E-state index contributed by atoms with van der Waals surface area (Å²) < 4.78 is 17.1. The summed E-state index contributed by atoms with van der Waals surface area (Å²) in [5.74, 6) is 0.529. The molecule has 0 bridgehead atoms. The Morgan fingerprint density at radius 2 is 1.71 bits per heavy atom. The van der Waals surface area contributed by atoms with Crippen molar-refractivity contribution in [1.29, 1.82) is 0 Å². The van der Waals surface area contributed by atoms with Crippen molar-refractivity contribution in [3.63, 3.8) is 0 Å². The van der Waals surface area contributed by atoms with Crippen LogP contribution in [0.25, 0.3) is 0 Å². The topological polar surface area (TPSA) is 44.8 Å². The highest BCUT2D eigenvalue weighted by Gasteiger charge is 2.49. The molecule has 0 saturated carbocycles. The number of halogens is 1. The van der Waals surface area contributed by atoms with Crippen LogP contribution in [0, 0.1) is 13.8 Å². The largest absolute Gasteiger partial charge is 0.473 e. The Kier molecular flexibility index (Phi) is 6.38. The average molecular weight is 359 g/mol. The van der Waals surface area contributed by atoms with Gasteiger partial charge in [0.05, 0.1) is 18.8 Å². The number of ether oxygens (including phenoxy) is 3. The van der Waals surface area contributed by atoms with Gasteiger partial charge in [-0.3, -0.25) is 4.79 Å². The summed E-state index contributed by atoms with van der Waals surface area (Å²) in [4.78, 5) is 12.7. The maximum atomic E-state index is 12.7. The Morgan fingerprint density at radius 1 is 1.19 bits per heavy atom. The predicted molar refractivity (Wildman–Crippen MR) is 86.4 cm³/mol. The number of ketones is 1. The van der Waals surface area contributed by atoms with Crippen molar-refractivity contribution in [1.82, 2.24) is 0 Å². The number of fused-ring (bicyclic) bond motifs is 1. The van der Waals surface area contributed by atoms with Gasteiger partial charge in [0, 0.05) is 18.7 Å². The number of Topliss-reactive ketones (excluding diaryl/α,β-unsaturated/α-hetero) is 1. The standard InChI is InChI=1S/C14H17BrO4.C2H6/c1-8-5-10-11(9(2)12(8)15)13(16)14(19-10,6-17-3)7-18-4;1-2/h5H,6-7H2,1-4H3;1-2H3. The average Bonchev–Trinajstić information content (AvgIpc) is 2.72. The molecular formula is C16H23BrO4. The molecule has 0 fully saturated rings. The fourth-order valence-electron chi connectivity index (χ4n) is 2.47. The van der Waals surface area contributed by atoms with Crippen LogP contribution in [0.15, 0.2) is 10.5 Å². The molecule has 1 aliphatic rings. The van der Waals surface area contributed by atoms with Gasteiger partial charge in [-0.15, -0.1) is 0 Å². The van der Waals surface area contributed by atoms with E-state index in [4.69, 9.17) is 14.2 Å². The van der Waals surface area contributed by atoms with Crippen molar-refractivity contribution in [2.75, 3.05) is 27.4 Å². The fourth-order valence-corrected chi connectivity index (χ4v) is 2.78. The van der Waals surface area contributed by atoms with Crippen LogP contribution in [0.1, 0.15) is 35.3 Å². The lowest BCUT2D eigenvalue weighted by molar-refractivity contribution is -0.0299. The lowest BCUT2D eigenvalue weighted by Gasteiger charge is -2.25. The van der Waals surface area contributed by atoms with Gasteiger partial charge in [0.25, 0.3) is 0 Å². The van der Waals surface area contributed by atoms with E-state index in [-0.39, 0.29) is 19.0 Å². The summed E-state index contributed by atoms with van der Waals surface area (Å²) in [5.41, 5.74) is 1.49. The van der Waals surface area contributed by atoms with Crippen molar-refractivity contribution >= 4 is 21.7 Å². The van der Waals surface area contributed by atoms with Crippen LogP contribution in [0.2, 0.25) is 0 Å². The minimum absolute atomic E-state index is 0.0793. The van der Waals surface area contributed by atoms with Gasteiger partial charge in [-0.1, -0.05) is 29.8 Å². The Labute approximate surface area is 134 Å². The molecule has 0 atom stereocenters. The number of benzene rings is 1. The van der Waals surface area contributed by atoms with E-state index in [0.717, 1.165) is 15.6 Å². The van der Waals surface area contributed by atoms with E-state index in [1.807, 2.05) is 33.8 Å². The fraction of sp³-hybridized carbons (Fsp3) is 0.562. The normalized spacial score (nSPS) is 15.1. The van der Waals surface area contributed by atoms with E-state index in [1.54, 1.807) is 14.2 Å². The Bertz CT molecular complexity index is 519. The van der Waals surface area contributed by atoms with Crippen molar-refractivity contribution in [3.05, 3.63) is 27.2 Å². The van der Waals surface area contributed by atoms with E-state index < -0.39 is 5.60 Å². The number of methoxy groups -OCH3 is 2. The van der Waals surface area contributed by atoms with Gasteiger partial charge >= 0.3 is 0 Å². The second kappa shape index (κ2) is 7.38. The van der Waals surface area contributed by atoms with Gasteiger partial charge in [-0.25, -0.2) is 0 Å². The Morgan fingerprint density at radius 3 is 2.19 bits per heavy atom. The summed E-state index contributed by atoms with van der Waals surface area (Å²) in [6.07, 6.45) is 0. The van der Waals surface area contributed by atoms with Crippen molar-refractivity contribution in [3.8, 4) is 5.75 Å². The molecule has 1 heterocycles. The first kappa shape index (κ1) is 18.1. The number of aryl methyl sites for hydroxylation is 1. The van der Waals surface area contributed by atoms with Gasteiger partial charge in [-0.05, 0) is 31.0 Å². The zero-order valence-corrected chi connectivity index (χ0v) is 15.1. The molecule has 2 rings (SSSR count). The molecular weight excluding hydrogens is 336 g/mol. The molecule has 0 unspecified atom stereocenters. The molecule has 21 heavy (non-hydrogen) atoms. The summed E-state index contributed by atoms with van der Waals surface area (Å²) in [5, 5.41) is 0. The smallest absolute Gasteiger partial charge is 0.217 e. The van der Waals surface area contributed by atoms with E-state index in [9.17, 15) is 4.79 Å². The minimum Gasteiger partial charge on any atom is -0.473 e. The van der Waals surface area contributed by atoms with E-state index >= 15 is 0 Å². The molecule has 1 aromatic rings. The van der Waals surface area contributed by atoms with E-state index in [2.05, 4.69) is 15.9 Å². The maximum absolute atomic E-state index is 12.7. The van der Waals surface area contributed by atoms with Gasteiger partial charge < -0.3 is 14.2 Å². The molecule has 0 aromatic heterocycles. The first-order valence-corrected chi connectivity index (χ1v) is 7.77. The quantitative estimate of drug-likeness (QED) is 0.822. The highest BCUT2D eigenvalue weighted by molar-refractivity contribution is 9.10. The van der Waals surface area contributed by atoms with Crippen LogP contribution in [0.4, 0.5) is 0 Å². The first-order valence-electron chi connectivity index (χ1n) is 6.98. The molecule has 0 amide bonds. The molecule has 0 saturated heterocycles. The van der Waals surface area contributed by atoms with Crippen LogP contribution in [-0.2, 0) is 9.47 Å². The molecule has 0 radical (unpaired) electrons. The first-order chi connectivity index (χ1) is 9.96. The lowest BCUT2D eigenvalue weighted by Crippen LogP contribution is -2.48. The third-order valence-electron chi connectivity index (χ3n) is 3.35. The monoisotopic (exact) mass is 358 g/mol. The van der Waals surface area contributed by atoms with Gasteiger partial charge in [-0.2, -0.15) is 0 Å². The number of hydrogen-bond donors (Lipinski definition) is 0. The molecule has 0 spiro atoms. The van der Waals surface area contributed by atoms with Crippen molar-refractivity contribution < 1.29 is 19.0 Å². The van der Waals surface area contributed by atoms with E-state index in [0.29, 0.717) is 11.3 Å². The third-order valence-corrected chi connectivity index (χ3v) is 4.57. The lowest BCUT2D eigenvalue weighted by atomic mass is 9.93. The summed E-state index contributed by atoms with van der Waals surface area (Å²) in [6, 6.07) is 1.87. The van der Waals surface area contributed by atoms with Crippen LogP contribution in [0.3, 0.4) is 0 Å². The summed E-state index contributed by atoms with van der Waals surface area (Å²) >= 11 is 3.51. The van der Waals surface area contributed by atoms with Crippen LogP contribution in [0.5, 0.6) is 5.75 Å². The second-order valence-corrected chi connectivity index (χ2v) is 5.59. The summed E-state index contributed by atoms with van der Waals surface area (Å²) in [6.45, 7) is 8.22. The number of carbonyl (C=O) groups is 1. The highest BCUT2D eigenvalue weighted by Crippen LogP contribution is 2.41. The SMILES string of the molecule is CC.COCC1(COC)Oc2cc(C)c(Br)c(C)c2C1=O. The zero-order chi connectivity index (χ0) is 16.2. The Balaban J connectivity index is 0.00000106. The number of rotatable bonds is 4. The minimum atomic E-state index is -1.07. The van der Waals surface area contributed by atoms with Gasteiger partial charge in [0.1, 0.15) is 5.75 Å². The molecule has 5 heteroatoms. The molecule has 0 aliphatic carbocycles. The third kappa shape index (κ3) is 3.15. The molecule has 1 aliphatic heterocycles. The van der Waals surface area contributed by atoms with E-state index in [1.165, 1.54) is 0 Å².